The summed E-state index contributed by atoms with van der Waals surface area (Å²) in [6.45, 7) is 21.5. The van der Waals surface area contributed by atoms with Crippen molar-refractivity contribution in [3.05, 3.63) is 22.3 Å². The Morgan fingerprint density at radius 2 is 1.51 bits per heavy atom. The number of fused-ring (bicyclic) bond motifs is 3. The number of carbonyl (C=O) groups excluding carboxylic acids is 2. The molecule has 1 aliphatic heterocycles. The van der Waals surface area contributed by atoms with Crippen LogP contribution in [0.1, 0.15) is 108 Å². The molecule has 0 unspecified atom stereocenters. The lowest BCUT2D eigenvalue weighted by atomic mass is 9.59. The van der Waals surface area contributed by atoms with Gasteiger partial charge in [0, 0.05) is 18.5 Å². The second-order valence-electron chi connectivity index (χ2n) is 14.8. The first-order valence-corrected chi connectivity index (χ1v) is 14.2. The van der Waals surface area contributed by atoms with Crippen LogP contribution in [0, 0.1) is 17.3 Å². The predicted molar refractivity (Wildman–Crippen MR) is 145 cm³/mol. The van der Waals surface area contributed by atoms with Gasteiger partial charge in [0.1, 0.15) is 11.2 Å². The molecule has 0 aromatic heterocycles. The highest BCUT2D eigenvalue weighted by atomic mass is 16.6. The van der Waals surface area contributed by atoms with Gasteiger partial charge in [-0.2, -0.15) is 0 Å². The third kappa shape index (κ3) is 5.94. The molecule has 1 amide bonds. The number of ether oxygens (including phenoxy) is 3. The lowest BCUT2D eigenvalue weighted by molar-refractivity contribution is -0.159. The van der Waals surface area contributed by atoms with Gasteiger partial charge in [0.15, 0.2) is 0 Å². The molecule has 0 saturated heterocycles. The van der Waals surface area contributed by atoms with Crippen molar-refractivity contribution < 1.29 is 23.8 Å². The quantitative estimate of drug-likeness (QED) is 0.371. The molecule has 0 N–H and O–H groups in total. The maximum absolute atomic E-state index is 13.7. The lowest BCUT2D eigenvalue weighted by Gasteiger charge is -2.49. The number of nitrogens with zero attached hydrogens (tertiary/aromatic N) is 1. The molecule has 6 heteroatoms. The normalized spacial score (nSPS) is 30.5. The Balaban J connectivity index is 1.70. The van der Waals surface area contributed by atoms with Crippen LogP contribution < -0.4 is 0 Å². The number of hydrogen-bond acceptors (Lipinski definition) is 5. The van der Waals surface area contributed by atoms with Crippen LogP contribution in [0.3, 0.4) is 0 Å². The Morgan fingerprint density at radius 3 is 2.11 bits per heavy atom. The molecule has 0 aromatic rings. The van der Waals surface area contributed by atoms with Crippen molar-refractivity contribution in [2.75, 3.05) is 13.1 Å². The fourth-order valence-electron chi connectivity index (χ4n) is 7.00. The molecule has 0 radical (unpaired) electrons. The predicted octanol–water partition coefficient (Wildman–Crippen LogP) is 6.98. The van der Waals surface area contributed by atoms with E-state index in [0.29, 0.717) is 25.4 Å². The summed E-state index contributed by atoms with van der Waals surface area (Å²) in [5.74, 6) is -0.117. The highest BCUT2D eigenvalue weighted by Crippen LogP contribution is 2.60. The summed E-state index contributed by atoms with van der Waals surface area (Å²) in [4.78, 5) is 28.4. The molecular formula is C31H49NO5. The van der Waals surface area contributed by atoms with E-state index in [0.717, 1.165) is 32.1 Å². The van der Waals surface area contributed by atoms with Crippen LogP contribution in [0.4, 0.5) is 4.79 Å². The van der Waals surface area contributed by atoms with Gasteiger partial charge in [0.05, 0.1) is 17.6 Å². The van der Waals surface area contributed by atoms with Gasteiger partial charge in [-0.3, -0.25) is 4.79 Å². The van der Waals surface area contributed by atoms with E-state index in [-0.39, 0.29) is 35.1 Å². The fourth-order valence-corrected chi connectivity index (χ4v) is 7.00. The van der Waals surface area contributed by atoms with Crippen LogP contribution in [0.25, 0.3) is 0 Å². The van der Waals surface area contributed by atoms with Crippen LogP contribution in [-0.2, 0) is 19.0 Å². The van der Waals surface area contributed by atoms with E-state index in [9.17, 15) is 9.59 Å². The summed E-state index contributed by atoms with van der Waals surface area (Å²) in [7, 11) is 0. The van der Waals surface area contributed by atoms with Gasteiger partial charge in [-0.15, -0.1) is 0 Å². The van der Waals surface area contributed by atoms with Gasteiger partial charge < -0.3 is 19.1 Å². The molecule has 208 valence electrons. The average Bonchev–Trinajstić information content (AvgIpc) is 3.04. The van der Waals surface area contributed by atoms with Gasteiger partial charge in [-0.05, 0) is 129 Å². The number of hydrogen-bond donors (Lipinski definition) is 0. The van der Waals surface area contributed by atoms with E-state index in [4.69, 9.17) is 14.2 Å². The Hall–Kier alpha value is -1.82. The van der Waals surface area contributed by atoms with Gasteiger partial charge in [-0.1, -0.05) is 6.92 Å². The van der Waals surface area contributed by atoms with E-state index in [1.807, 2.05) is 41.5 Å². The number of rotatable bonds is 2. The number of carbonyl (C=O) groups is 2. The highest BCUT2D eigenvalue weighted by molar-refractivity contribution is 5.79. The van der Waals surface area contributed by atoms with E-state index in [1.165, 1.54) is 22.3 Å². The zero-order valence-electron chi connectivity index (χ0n) is 24.9. The second kappa shape index (κ2) is 9.43. The third-order valence-electron chi connectivity index (χ3n) is 8.36. The second-order valence-corrected chi connectivity index (χ2v) is 14.8. The molecule has 1 fully saturated rings. The maximum Gasteiger partial charge on any atom is 0.410 e. The van der Waals surface area contributed by atoms with Crippen molar-refractivity contribution in [1.82, 2.24) is 4.90 Å². The molecule has 3 aliphatic carbocycles. The first-order chi connectivity index (χ1) is 16.9. The van der Waals surface area contributed by atoms with Gasteiger partial charge in [0.25, 0.3) is 0 Å². The number of allylic oxidation sites excluding steroid dienone is 1. The Morgan fingerprint density at radius 1 is 0.865 bits per heavy atom. The van der Waals surface area contributed by atoms with Crippen molar-refractivity contribution in [1.29, 1.82) is 0 Å². The van der Waals surface area contributed by atoms with Gasteiger partial charge in [-0.25, -0.2) is 4.79 Å². The van der Waals surface area contributed by atoms with Gasteiger partial charge >= 0.3 is 12.1 Å². The summed E-state index contributed by atoms with van der Waals surface area (Å²) < 4.78 is 18.3. The Kier molecular flexibility index (Phi) is 7.18. The summed E-state index contributed by atoms with van der Waals surface area (Å²) in [5.41, 5.74) is 4.02. The lowest BCUT2D eigenvalue weighted by Crippen LogP contribution is -2.46. The summed E-state index contributed by atoms with van der Waals surface area (Å²) in [6.07, 6.45) is 5.44. The zero-order valence-corrected chi connectivity index (χ0v) is 24.9. The summed E-state index contributed by atoms with van der Waals surface area (Å²) in [6, 6.07) is 0. The maximum atomic E-state index is 13.7. The molecule has 37 heavy (non-hydrogen) atoms. The van der Waals surface area contributed by atoms with Crippen molar-refractivity contribution in [2.45, 2.75) is 131 Å². The molecule has 6 nitrogen and oxygen atoms in total. The van der Waals surface area contributed by atoms with Crippen LogP contribution in [0.2, 0.25) is 0 Å². The molecule has 0 aromatic carbocycles. The van der Waals surface area contributed by atoms with Gasteiger partial charge in [0.2, 0.25) is 0 Å². The molecule has 4 aliphatic rings. The fraction of sp³-hybridized carbons (Fsp3) is 0.806. The molecule has 4 atom stereocenters. The van der Waals surface area contributed by atoms with Crippen LogP contribution >= 0.6 is 0 Å². The average molecular weight is 516 g/mol. The number of amides is 1. The van der Waals surface area contributed by atoms with Crippen LogP contribution in [0.15, 0.2) is 22.3 Å². The minimum Gasteiger partial charge on any atom is -0.459 e. The van der Waals surface area contributed by atoms with Crippen molar-refractivity contribution >= 4 is 12.1 Å². The van der Waals surface area contributed by atoms with Crippen LogP contribution in [0.5, 0.6) is 0 Å². The van der Waals surface area contributed by atoms with Crippen molar-refractivity contribution in [3.63, 3.8) is 0 Å². The van der Waals surface area contributed by atoms with E-state index in [1.54, 1.807) is 4.90 Å². The minimum absolute atomic E-state index is 0.0155. The zero-order chi connectivity index (χ0) is 27.6. The number of esters is 1. The molecule has 0 bridgehead atoms. The summed E-state index contributed by atoms with van der Waals surface area (Å²) >= 11 is 0. The van der Waals surface area contributed by atoms with E-state index < -0.39 is 11.2 Å². The van der Waals surface area contributed by atoms with Crippen molar-refractivity contribution in [2.24, 2.45) is 17.3 Å². The van der Waals surface area contributed by atoms with Crippen molar-refractivity contribution in [3.8, 4) is 0 Å². The SMILES string of the molecule is CC(C)(C)OC(=O)[C@H]1CC2=C(CCN(C(=O)OC(C)(C)C)C2)C2=C1[C@H]1CC[C@H](OC(C)(C)C)[C@@]1(C)CC2. The Bertz CT molecular complexity index is 1000. The molecule has 0 spiro atoms. The van der Waals surface area contributed by atoms with E-state index >= 15 is 0 Å². The first kappa shape index (κ1) is 28.2. The van der Waals surface area contributed by atoms with E-state index in [2.05, 4.69) is 27.7 Å². The van der Waals surface area contributed by atoms with Crippen LogP contribution in [-0.4, -0.2) is 53.0 Å². The molecule has 1 heterocycles. The minimum atomic E-state index is -0.549. The third-order valence-corrected chi connectivity index (χ3v) is 8.36. The monoisotopic (exact) mass is 515 g/mol. The molecule has 1 saturated carbocycles. The molecule has 4 rings (SSSR count). The first-order valence-electron chi connectivity index (χ1n) is 14.2. The summed E-state index contributed by atoms with van der Waals surface area (Å²) in [5, 5.41) is 0. The Labute approximate surface area is 224 Å². The highest BCUT2D eigenvalue weighted by Gasteiger charge is 2.55. The standard InChI is InChI=1S/C31H49NO5/c1-28(2,3)35-24-12-11-23-25-21(13-15-31(23,24)10)20-14-16-32(27(34)37-30(7,8)9)18-19(20)17-22(25)26(33)36-29(4,5)6/h22-24H,11-18H2,1-10H3/t22-,23+,24-,31-/m0/s1. The molecular weight excluding hydrogens is 466 g/mol. The topological polar surface area (TPSA) is 65.1 Å². The smallest absolute Gasteiger partial charge is 0.410 e. The largest absolute Gasteiger partial charge is 0.459 e.